The SMILES string of the molecule is CCC(Br)C(=O)NCc1cccc(C#N)c1. The van der Waals surface area contributed by atoms with Gasteiger partial charge in [0.15, 0.2) is 0 Å². The number of carbonyl (C=O) groups excluding carboxylic acids is 1. The Kier molecular flexibility index (Phi) is 5.00. The molecule has 1 amide bonds. The maximum absolute atomic E-state index is 11.5. The van der Waals surface area contributed by atoms with Crippen molar-refractivity contribution in [2.45, 2.75) is 24.7 Å². The number of nitriles is 1. The lowest BCUT2D eigenvalue weighted by atomic mass is 10.1. The predicted octanol–water partition coefficient (Wildman–Crippen LogP) is 2.35. The van der Waals surface area contributed by atoms with Gasteiger partial charge in [0.2, 0.25) is 5.91 Å². The van der Waals surface area contributed by atoms with E-state index in [9.17, 15) is 4.79 Å². The van der Waals surface area contributed by atoms with E-state index in [0.29, 0.717) is 12.1 Å². The van der Waals surface area contributed by atoms with Crippen molar-refractivity contribution in [1.29, 1.82) is 5.26 Å². The van der Waals surface area contributed by atoms with Crippen LogP contribution in [0.1, 0.15) is 24.5 Å². The fraction of sp³-hybridized carbons (Fsp3) is 0.333. The highest BCUT2D eigenvalue weighted by Gasteiger charge is 2.11. The molecule has 0 bridgehead atoms. The van der Waals surface area contributed by atoms with Gasteiger partial charge in [0.05, 0.1) is 16.5 Å². The number of rotatable bonds is 4. The minimum atomic E-state index is -0.147. The van der Waals surface area contributed by atoms with Gasteiger partial charge in [-0.3, -0.25) is 4.79 Å². The molecule has 0 aliphatic rings. The lowest BCUT2D eigenvalue weighted by molar-refractivity contribution is -0.120. The molecule has 1 unspecified atom stereocenters. The second kappa shape index (κ2) is 6.29. The minimum absolute atomic E-state index is 0.0233. The highest BCUT2D eigenvalue weighted by atomic mass is 79.9. The topological polar surface area (TPSA) is 52.9 Å². The summed E-state index contributed by atoms with van der Waals surface area (Å²) in [5, 5.41) is 11.5. The average Bonchev–Trinajstić information content (AvgIpc) is 2.35. The maximum Gasteiger partial charge on any atom is 0.234 e. The lowest BCUT2D eigenvalue weighted by Crippen LogP contribution is -2.30. The Morgan fingerprint density at radius 2 is 2.38 bits per heavy atom. The molecule has 3 nitrogen and oxygen atoms in total. The van der Waals surface area contributed by atoms with Gasteiger partial charge in [0, 0.05) is 6.54 Å². The summed E-state index contributed by atoms with van der Waals surface area (Å²) in [5.74, 6) is -0.0233. The largest absolute Gasteiger partial charge is 0.351 e. The number of hydrogen-bond acceptors (Lipinski definition) is 2. The third-order valence-corrected chi connectivity index (χ3v) is 3.23. The standard InChI is InChI=1S/C12H13BrN2O/c1-2-11(13)12(16)15-8-10-5-3-4-9(6-10)7-14/h3-6,11H,2,8H2,1H3,(H,15,16). The first kappa shape index (κ1) is 12.7. The van der Waals surface area contributed by atoms with Crippen molar-refractivity contribution in [2.75, 3.05) is 0 Å². The third kappa shape index (κ3) is 3.67. The molecule has 0 spiro atoms. The van der Waals surface area contributed by atoms with Crippen LogP contribution in [0, 0.1) is 11.3 Å². The molecule has 1 aromatic carbocycles. The van der Waals surface area contributed by atoms with Crippen molar-refractivity contribution < 1.29 is 4.79 Å². The fourth-order valence-corrected chi connectivity index (χ4v) is 1.40. The van der Waals surface area contributed by atoms with Gasteiger partial charge < -0.3 is 5.32 Å². The zero-order valence-electron chi connectivity index (χ0n) is 9.03. The number of halogens is 1. The van der Waals surface area contributed by atoms with Gasteiger partial charge in [-0.05, 0) is 24.1 Å². The van der Waals surface area contributed by atoms with Gasteiger partial charge in [-0.25, -0.2) is 0 Å². The summed E-state index contributed by atoms with van der Waals surface area (Å²) in [6.07, 6.45) is 0.754. The van der Waals surface area contributed by atoms with Crippen molar-refractivity contribution in [2.24, 2.45) is 0 Å². The van der Waals surface area contributed by atoms with E-state index in [1.807, 2.05) is 19.1 Å². The van der Waals surface area contributed by atoms with E-state index >= 15 is 0 Å². The Morgan fingerprint density at radius 1 is 1.62 bits per heavy atom. The minimum Gasteiger partial charge on any atom is -0.351 e. The van der Waals surface area contributed by atoms with Crippen molar-refractivity contribution in [3.8, 4) is 6.07 Å². The molecule has 0 heterocycles. The van der Waals surface area contributed by atoms with E-state index in [0.717, 1.165) is 12.0 Å². The van der Waals surface area contributed by atoms with Crippen molar-refractivity contribution in [3.05, 3.63) is 35.4 Å². The van der Waals surface area contributed by atoms with Crippen LogP contribution in [0.4, 0.5) is 0 Å². The Labute approximate surface area is 104 Å². The third-order valence-electron chi connectivity index (χ3n) is 2.17. The van der Waals surface area contributed by atoms with Gasteiger partial charge >= 0.3 is 0 Å². The Bertz CT molecular complexity index is 412. The van der Waals surface area contributed by atoms with Gasteiger partial charge in [-0.1, -0.05) is 35.0 Å². The van der Waals surface area contributed by atoms with Crippen molar-refractivity contribution in [1.82, 2.24) is 5.32 Å². The molecule has 0 aliphatic heterocycles. The summed E-state index contributed by atoms with van der Waals surface area (Å²) in [6.45, 7) is 2.39. The van der Waals surface area contributed by atoms with Crippen LogP contribution in [0.15, 0.2) is 24.3 Å². The second-order valence-electron chi connectivity index (χ2n) is 3.41. The summed E-state index contributed by atoms with van der Waals surface area (Å²) in [7, 11) is 0. The summed E-state index contributed by atoms with van der Waals surface area (Å²) in [5.41, 5.74) is 1.54. The highest BCUT2D eigenvalue weighted by Crippen LogP contribution is 2.06. The fourth-order valence-electron chi connectivity index (χ4n) is 1.24. The molecule has 1 aromatic rings. The van der Waals surface area contributed by atoms with E-state index in [1.165, 1.54) is 0 Å². The maximum atomic E-state index is 11.5. The number of nitrogens with zero attached hydrogens (tertiary/aromatic N) is 1. The summed E-state index contributed by atoms with van der Waals surface area (Å²) < 4.78 is 0. The number of hydrogen-bond donors (Lipinski definition) is 1. The lowest BCUT2D eigenvalue weighted by Gasteiger charge is -2.08. The van der Waals surface area contributed by atoms with Crippen LogP contribution in [0.5, 0.6) is 0 Å². The molecule has 0 saturated heterocycles. The molecule has 4 heteroatoms. The molecule has 0 aromatic heterocycles. The van der Waals surface area contributed by atoms with Crippen LogP contribution in [-0.2, 0) is 11.3 Å². The molecule has 0 fully saturated rings. The first-order valence-corrected chi connectivity index (χ1v) is 5.99. The van der Waals surface area contributed by atoms with Crippen LogP contribution < -0.4 is 5.32 Å². The highest BCUT2D eigenvalue weighted by molar-refractivity contribution is 9.10. The van der Waals surface area contributed by atoms with Crippen LogP contribution in [-0.4, -0.2) is 10.7 Å². The molecule has 0 radical (unpaired) electrons. The smallest absolute Gasteiger partial charge is 0.234 e. The number of alkyl halides is 1. The Hall–Kier alpha value is -1.34. The van der Waals surface area contributed by atoms with Crippen LogP contribution in [0.2, 0.25) is 0 Å². The summed E-state index contributed by atoms with van der Waals surface area (Å²) in [6, 6.07) is 9.28. The average molecular weight is 281 g/mol. The van der Waals surface area contributed by atoms with E-state index in [4.69, 9.17) is 5.26 Å². The molecule has 0 saturated carbocycles. The van der Waals surface area contributed by atoms with Crippen molar-refractivity contribution >= 4 is 21.8 Å². The van der Waals surface area contributed by atoms with E-state index in [-0.39, 0.29) is 10.7 Å². The van der Waals surface area contributed by atoms with E-state index in [1.54, 1.807) is 12.1 Å². The number of amides is 1. The molecule has 1 rings (SSSR count). The van der Waals surface area contributed by atoms with Gasteiger partial charge in [0.25, 0.3) is 0 Å². The second-order valence-corrected chi connectivity index (χ2v) is 4.51. The molecule has 1 atom stereocenters. The zero-order valence-corrected chi connectivity index (χ0v) is 10.6. The van der Waals surface area contributed by atoms with Gasteiger partial charge in [-0.2, -0.15) is 5.26 Å². The van der Waals surface area contributed by atoms with E-state index in [2.05, 4.69) is 27.3 Å². The van der Waals surface area contributed by atoms with Gasteiger partial charge in [0.1, 0.15) is 0 Å². The predicted molar refractivity (Wildman–Crippen MR) is 66.0 cm³/mol. The zero-order chi connectivity index (χ0) is 12.0. The molecule has 1 N–H and O–H groups in total. The van der Waals surface area contributed by atoms with Crippen LogP contribution in [0.3, 0.4) is 0 Å². The molecule has 0 aliphatic carbocycles. The number of nitrogens with one attached hydrogen (secondary N) is 1. The van der Waals surface area contributed by atoms with E-state index < -0.39 is 0 Å². The Balaban J connectivity index is 2.55. The normalized spacial score (nSPS) is 11.6. The molecular weight excluding hydrogens is 268 g/mol. The molecule has 16 heavy (non-hydrogen) atoms. The molecular formula is C12H13BrN2O. The van der Waals surface area contributed by atoms with Crippen LogP contribution in [0.25, 0.3) is 0 Å². The monoisotopic (exact) mass is 280 g/mol. The number of benzene rings is 1. The Morgan fingerprint density at radius 3 is 3.00 bits per heavy atom. The first-order valence-electron chi connectivity index (χ1n) is 5.08. The first-order chi connectivity index (χ1) is 7.67. The van der Waals surface area contributed by atoms with Crippen LogP contribution >= 0.6 is 15.9 Å². The molecule has 84 valence electrons. The number of carbonyl (C=O) groups is 1. The summed E-state index contributed by atoms with van der Waals surface area (Å²) in [4.78, 5) is 11.3. The quantitative estimate of drug-likeness (QED) is 0.861. The summed E-state index contributed by atoms with van der Waals surface area (Å²) >= 11 is 3.28. The van der Waals surface area contributed by atoms with Gasteiger partial charge in [-0.15, -0.1) is 0 Å². The van der Waals surface area contributed by atoms with Crippen molar-refractivity contribution in [3.63, 3.8) is 0 Å².